The summed E-state index contributed by atoms with van der Waals surface area (Å²) in [6.07, 6.45) is 0. The van der Waals surface area contributed by atoms with E-state index in [1.165, 1.54) is 16.7 Å². The Bertz CT molecular complexity index is 251. The average Bonchev–Trinajstić information content (AvgIpc) is 2.03. The maximum absolute atomic E-state index is 5.57. The first-order valence-electron chi connectivity index (χ1n) is 4.56. The number of aryl methyl sites for hydroxylation is 2. The minimum Gasteiger partial charge on any atom is -0.311 e. The van der Waals surface area contributed by atoms with Crippen molar-refractivity contribution in [1.29, 1.82) is 0 Å². The molecule has 0 bridgehead atoms. The van der Waals surface area contributed by atoms with Crippen LogP contribution in [0.4, 0.5) is 0 Å². The summed E-state index contributed by atoms with van der Waals surface area (Å²) >= 11 is 5.57. The fraction of sp³-hybridized carbons (Fsp3) is 0.455. The molecule has 0 atom stereocenters. The molecule has 72 valence electrons. The highest BCUT2D eigenvalue weighted by Gasteiger charge is 1.94. The summed E-state index contributed by atoms with van der Waals surface area (Å²) in [6, 6.07) is 6.59. The van der Waals surface area contributed by atoms with Crippen LogP contribution in [-0.2, 0) is 6.54 Å². The van der Waals surface area contributed by atoms with Gasteiger partial charge in [0.15, 0.2) is 0 Å². The third-order valence-corrected chi connectivity index (χ3v) is 2.07. The van der Waals surface area contributed by atoms with Crippen molar-refractivity contribution in [2.75, 3.05) is 12.4 Å². The molecular formula is C11H16ClN. The second-order valence-electron chi connectivity index (χ2n) is 3.36. The zero-order valence-corrected chi connectivity index (χ0v) is 8.99. The largest absolute Gasteiger partial charge is 0.311 e. The number of alkyl halides is 1. The van der Waals surface area contributed by atoms with E-state index in [-0.39, 0.29) is 0 Å². The van der Waals surface area contributed by atoms with E-state index in [9.17, 15) is 0 Å². The van der Waals surface area contributed by atoms with Crippen molar-refractivity contribution >= 4 is 11.6 Å². The van der Waals surface area contributed by atoms with Crippen molar-refractivity contribution in [1.82, 2.24) is 5.32 Å². The molecule has 0 fully saturated rings. The van der Waals surface area contributed by atoms with E-state index < -0.39 is 0 Å². The molecule has 1 aromatic carbocycles. The summed E-state index contributed by atoms with van der Waals surface area (Å²) in [7, 11) is 0. The minimum absolute atomic E-state index is 0.671. The number of halogens is 1. The van der Waals surface area contributed by atoms with Crippen LogP contribution in [-0.4, -0.2) is 12.4 Å². The van der Waals surface area contributed by atoms with Crippen molar-refractivity contribution in [3.05, 3.63) is 34.9 Å². The zero-order chi connectivity index (χ0) is 9.68. The van der Waals surface area contributed by atoms with Crippen LogP contribution in [0.2, 0.25) is 0 Å². The first kappa shape index (κ1) is 10.6. The van der Waals surface area contributed by atoms with Gasteiger partial charge in [0.25, 0.3) is 0 Å². The van der Waals surface area contributed by atoms with Crippen molar-refractivity contribution in [2.45, 2.75) is 20.4 Å². The molecule has 2 heteroatoms. The van der Waals surface area contributed by atoms with Crippen LogP contribution in [0.1, 0.15) is 16.7 Å². The molecule has 0 unspecified atom stereocenters. The highest BCUT2D eigenvalue weighted by atomic mass is 35.5. The fourth-order valence-electron chi connectivity index (χ4n) is 1.47. The lowest BCUT2D eigenvalue weighted by Crippen LogP contribution is -2.15. The molecule has 0 aromatic heterocycles. The van der Waals surface area contributed by atoms with E-state index in [0.717, 1.165) is 13.1 Å². The number of rotatable bonds is 4. The molecule has 0 spiro atoms. The first-order valence-corrected chi connectivity index (χ1v) is 5.09. The van der Waals surface area contributed by atoms with Crippen LogP contribution in [0.15, 0.2) is 18.2 Å². The van der Waals surface area contributed by atoms with Gasteiger partial charge < -0.3 is 5.32 Å². The molecule has 0 saturated heterocycles. The number of benzene rings is 1. The van der Waals surface area contributed by atoms with E-state index in [2.05, 4.69) is 37.4 Å². The lowest BCUT2D eigenvalue weighted by Gasteiger charge is -2.05. The Morgan fingerprint density at radius 1 is 1.15 bits per heavy atom. The Morgan fingerprint density at radius 2 is 1.77 bits per heavy atom. The standard InChI is InChI=1S/C11H16ClN/c1-9-5-10(2)7-11(6-9)8-13-4-3-12/h5-7,13H,3-4,8H2,1-2H3. The van der Waals surface area contributed by atoms with E-state index in [0.29, 0.717) is 5.88 Å². The monoisotopic (exact) mass is 197 g/mol. The summed E-state index contributed by atoms with van der Waals surface area (Å²) < 4.78 is 0. The summed E-state index contributed by atoms with van der Waals surface area (Å²) in [6.45, 7) is 6.03. The molecule has 0 aliphatic carbocycles. The molecule has 1 nitrogen and oxygen atoms in total. The summed E-state index contributed by atoms with van der Waals surface area (Å²) in [4.78, 5) is 0. The SMILES string of the molecule is Cc1cc(C)cc(CNCCCl)c1. The van der Waals surface area contributed by atoms with E-state index >= 15 is 0 Å². The Kier molecular flexibility index (Phi) is 4.26. The lowest BCUT2D eigenvalue weighted by atomic mass is 10.1. The second kappa shape index (κ2) is 5.25. The Labute approximate surface area is 85.1 Å². The molecule has 1 rings (SSSR count). The lowest BCUT2D eigenvalue weighted by molar-refractivity contribution is 0.729. The zero-order valence-electron chi connectivity index (χ0n) is 8.23. The maximum Gasteiger partial charge on any atom is 0.0348 e. The van der Waals surface area contributed by atoms with Crippen LogP contribution in [0.3, 0.4) is 0 Å². The maximum atomic E-state index is 5.57. The van der Waals surface area contributed by atoms with E-state index in [1.807, 2.05) is 0 Å². The van der Waals surface area contributed by atoms with Gasteiger partial charge in [0.2, 0.25) is 0 Å². The van der Waals surface area contributed by atoms with Crippen LogP contribution in [0.25, 0.3) is 0 Å². The molecule has 1 aromatic rings. The predicted octanol–water partition coefficient (Wildman–Crippen LogP) is 2.63. The Balaban J connectivity index is 2.56. The highest BCUT2D eigenvalue weighted by molar-refractivity contribution is 6.18. The second-order valence-corrected chi connectivity index (χ2v) is 3.74. The van der Waals surface area contributed by atoms with Gasteiger partial charge in [0.05, 0.1) is 0 Å². The normalized spacial score (nSPS) is 10.4. The molecule has 0 amide bonds. The molecule has 0 saturated carbocycles. The van der Waals surface area contributed by atoms with Crippen LogP contribution in [0.5, 0.6) is 0 Å². The van der Waals surface area contributed by atoms with Gasteiger partial charge in [-0.25, -0.2) is 0 Å². The van der Waals surface area contributed by atoms with Crippen LogP contribution in [0, 0.1) is 13.8 Å². The average molecular weight is 198 g/mol. The van der Waals surface area contributed by atoms with E-state index in [1.54, 1.807) is 0 Å². The Hall–Kier alpha value is -0.530. The summed E-state index contributed by atoms with van der Waals surface area (Å²) in [5, 5.41) is 3.27. The molecule has 0 aliphatic heterocycles. The number of nitrogens with one attached hydrogen (secondary N) is 1. The number of hydrogen-bond donors (Lipinski definition) is 1. The quantitative estimate of drug-likeness (QED) is 0.578. The predicted molar refractivity (Wildman–Crippen MR) is 58.3 cm³/mol. The van der Waals surface area contributed by atoms with Crippen LogP contribution < -0.4 is 5.32 Å². The molecular weight excluding hydrogens is 182 g/mol. The van der Waals surface area contributed by atoms with E-state index in [4.69, 9.17) is 11.6 Å². The smallest absolute Gasteiger partial charge is 0.0348 e. The highest BCUT2D eigenvalue weighted by Crippen LogP contribution is 2.08. The summed E-state index contributed by atoms with van der Waals surface area (Å²) in [5.74, 6) is 0.671. The number of hydrogen-bond acceptors (Lipinski definition) is 1. The van der Waals surface area contributed by atoms with Crippen molar-refractivity contribution in [3.8, 4) is 0 Å². The van der Waals surface area contributed by atoms with Gasteiger partial charge in [-0.2, -0.15) is 0 Å². The van der Waals surface area contributed by atoms with Gasteiger partial charge >= 0.3 is 0 Å². The van der Waals surface area contributed by atoms with Gasteiger partial charge in [0, 0.05) is 19.0 Å². The Morgan fingerprint density at radius 3 is 2.31 bits per heavy atom. The third-order valence-electron chi connectivity index (χ3n) is 1.88. The van der Waals surface area contributed by atoms with Gasteiger partial charge in [-0.1, -0.05) is 29.3 Å². The molecule has 13 heavy (non-hydrogen) atoms. The third kappa shape index (κ3) is 3.79. The molecule has 0 aliphatic rings. The van der Waals surface area contributed by atoms with Crippen molar-refractivity contribution < 1.29 is 0 Å². The first-order chi connectivity index (χ1) is 6.22. The summed E-state index contributed by atoms with van der Waals surface area (Å²) in [5.41, 5.74) is 3.98. The molecule has 1 N–H and O–H groups in total. The fourth-order valence-corrected chi connectivity index (χ4v) is 1.60. The molecule has 0 heterocycles. The van der Waals surface area contributed by atoms with Gasteiger partial charge in [-0.05, 0) is 19.4 Å². The topological polar surface area (TPSA) is 12.0 Å². The van der Waals surface area contributed by atoms with Crippen molar-refractivity contribution in [3.63, 3.8) is 0 Å². The van der Waals surface area contributed by atoms with Crippen molar-refractivity contribution in [2.24, 2.45) is 0 Å². The minimum atomic E-state index is 0.671. The van der Waals surface area contributed by atoms with Gasteiger partial charge in [0.1, 0.15) is 0 Å². The molecule has 0 radical (unpaired) electrons. The van der Waals surface area contributed by atoms with Gasteiger partial charge in [-0.3, -0.25) is 0 Å². The van der Waals surface area contributed by atoms with Crippen LogP contribution >= 0.6 is 11.6 Å². The van der Waals surface area contributed by atoms with Gasteiger partial charge in [-0.15, -0.1) is 11.6 Å².